The molecule has 6 nitrogen and oxygen atoms in total. The van der Waals surface area contributed by atoms with Crippen LogP contribution < -0.4 is 5.32 Å². The molecule has 2 atom stereocenters. The van der Waals surface area contributed by atoms with Gasteiger partial charge in [0.25, 0.3) is 0 Å². The first-order valence-corrected chi connectivity index (χ1v) is 5.32. The number of anilines is 1. The van der Waals surface area contributed by atoms with Crippen LogP contribution in [0, 0.1) is 23.0 Å². The van der Waals surface area contributed by atoms with Crippen LogP contribution >= 0.6 is 11.3 Å². The van der Waals surface area contributed by atoms with Gasteiger partial charge in [-0.05, 0) is 6.92 Å². The van der Waals surface area contributed by atoms with Crippen LogP contribution in [0.5, 0.6) is 0 Å². The summed E-state index contributed by atoms with van der Waals surface area (Å²) in [5.74, 6) is -0.745. The van der Waals surface area contributed by atoms with Crippen LogP contribution in [0.1, 0.15) is 12.1 Å². The third kappa shape index (κ3) is 1.96. The maximum atomic E-state index is 11.5. The van der Waals surface area contributed by atoms with Crippen LogP contribution in [0.4, 0.5) is 5.00 Å². The number of nitrogens with one attached hydrogen (secondary N) is 1. The summed E-state index contributed by atoms with van der Waals surface area (Å²) in [6.45, 7) is 1.78. The van der Waals surface area contributed by atoms with Crippen molar-refractivity contribution in [3.63, 3.8) is 0 Å². The number of aryl methyl sites for hydroxylation is 1. The molecular weight excluding hydrogens is 218 g/mol. The molecule has 0 aliphatic heterocycles. The van der Waals surface area contributed by atoms with Gasteiger partial charge in [0, 0.05) is 11.3 Å². The van der Waals surface area contributed by atoms with Crippen LogP contribution in [0.3, 0.4) is 0 Å². The Morgan fingerprint density at radius 2 is 2.53 bits per heavy atom. The molecule has 1 fully saturated rings. The number of amides is 1. The van der Waals surface area contributed by atoms with Gasteiger partial charge in [0.1, 0.15) is 10.9 Å². The van der Waals surface area contributed by atoms with Crippen LogP contribution in [0.25, 0.3) is 0 Å². The summed E-state index contributed by atoms with van der Waals surface area (Å²) >= 11 is 1.32. The summed E-state index contributed by atoms with van der Waals surface area (Å²) in [5, 5.41) is 13.7. The topological polar surface area (TPSA) is 85.1 Å². The number of hydrogen-bond acceptors (Lipinski definition) is 5. The molecule has 0 saturated heterocycles. The van der Waals surface area contributed by atoms with Crippen molar-refractivity contribution in [2.45, 2.75) is 19.4 Å². The van der Waals surface area contributed by atoms with Crippen molar-refractivity contribution in [3.05, 3.63) is 21.3 Å². The summed E-state index contributed by atoms with van der Waals surface area (Å²) in [7, 11) is 0. The minimum absolute atomic E-state index is 0.274. The van der Waals surface area contributed by atoms with Gasteiger partial charge in [-0.2, -0.15) is 0 Å². The summed E-state index contributed by atoms with van der Waals surface area (Å²) in [4.78, 5) is 25.4. The van der Waals surface area contributed by atoms with E-state index in [9.17, 15) is 14.9 Å². The fourth-order valence-electron chi connectivity index (χ4n) is 1.32. The molecule has 0 radical (unpaired) electrons. The van der Waals surface area contributed by atoms with Crippen molar-refractivity contribution in [2.24, 2.45) is 5.92 Å². The maximum absolute atomic E-state index is 11.5. The lowest BCUT2D eigenvalue weighted by atomic mass is 10.3. The van der Waals surface area contributed by atoms with Gasteiger partial charge < -0.3 is 5.32 Å². The second-order valence-electron chi connectivity index (χ2n) is 3.45. The third-order valence-corrected chi connectivity index (χ3v) is 3.19. The zero-order valence-corrected chi connectivity index (χ0v) is 8.78. The van der Waals surface area contributed by atoms with Crippen molar-refractivity contribution in [1.82, 2.24) is 4.98 Å². The monoisotopic (exact) mass is 227 g/mol. The Balaban J connectivity index is 1.95. The minimum Gasteiger partial charge on any atom is -0.316 e. The smallest absolute Gasteiger partial charge is 0.235 e. The molecule has 15 heavy (non-hydrogen) atoms. The molecule has 1 aliphatic rings. The molecular formula is C8H9N3O3S. The van der Waals surface area contributed by atoms with E-state index < -0.39 is 16.9 Å². The van der Waals surface area contributed by atoms with Gasteiger partial charge in [-0.15, -0.1) is 11.3 Å². The number of carbonyl (C=O) groups is 1. The van der Waals surface area contributed by atoms with Gasteiger partial charge >= 0.3 is 0 Å². The highest BCUT2D eigenvalue weighted by atomic mass is 32.1. The van der Waals surface area contributed by atoms with Gasteiger partial charge in [0.2, 0.25) is 11.9 Å². The van der Waals surface area contributed by atoms with E-state index in [0.717, 1.165) is 5.69 Å². The van der Waals surface area contributed by atoms with E-state index in [1.165, 1.54) is 11.3 Å². The first-order chi connectivity index (χ1) is 7.09. The number of nitrogens with zero attached hydrogens (tertiary/aromatic N) is 2. The number of carbonyl (C=O) groups excluding carboxylic acids is 1. The van der Waals surface area contributed by atoms with E-state index in [0.29, 0.717) is 11.4 Å². The molecule has 1 aromatic rings. The average molecular weight is 227 g/mol. The number of hydrogen-bond donors (Lipinski definition) is 1. The average Bonchev–Trinajstić information content (AvgIpc) is 2.88. The summed E-state index contributed by atoms with van der Waals surface area (Å²) in [6.07, 6.45) is 0.344. The Morgan fingerprint density at radius 3 is 3.00 bits per heavy atom. The standard InChI is InChI=1S/C8H9N3O3S/c1-4-8(15-3-9-4)10-7(12)5-2-6(5)11(13)14/h3,5-6H,2H2,1H3,(H,10,12)/t5-,6-/m1/s1. The molecule has 1 N–H and O–H groups in total. The maximum Gasteiger partial charge on any atom is 0.235 e. The lowest BCUT2D eigenvalue weighted by Crippen LogP contribution is -2.18. The van der Waals surface area contributed by atoms with Crippen molar-refractivity contribution < 1.29 is 9.72 Å². The van der Waals surface area contributed by atoms with Gasteiger partial charge in [-0.3, -0.25) is 14.9 Å². The van der Waals surface area contributed by atoms with E-state index in [1.54, 1.807) is 12.4 Å². The van der Waals surface area contributed by atoms with Crippen molar-refractivity contribution >= 4 is 22.2 Å². The number of nitro groups is 1. The number of aromatic nitrogens is 1. The van der Waals surface area contributed by atoms with E-state index in [1.807, 2.05) is 0 Å². The van der Waals surface area contributed by atoms with Crippen molar-refractivity contribution in [2.75, 3.05) is 5.32 Å². The van der Waals surface area contributed by atoms with Gasteiger partial charge in [-0.1, -0.05) is 0 Å². The first kappa shape index (κ1) is 10.0. The Kier molecular flexibility index (Phi) is 2.39. The second-order valence-corrected chi connectivity index (χ2v) is 4.31. The minimum atomic E-state index is -0.696. The quantitative estimate of drug-likeness (QED) is 0.618. The molecule has 1 aromatic heterocycles. The Hall–Kier alpha value is -1.50. The van der Waals surface area contributed by atoms with Crippen molar-refractivity contribution in [3.8, 4) is 0 Å². The predicted molar refractivity (Wildman–Crippen MR) is 54.4 cm³/mol. The molecule has 80 valence electrons. The molecule has 1 heterocycles. The lowest BCUT2D eigenvalue weighted by Gasteiger charge is -2.00. The molecule has 1 amide bonds. The first-order valence-electron chi connectivity index (χ1n) is 4.44. The summed E-state index contributed by atoms with van der Waals surface area (Å²) in [6, 6.07) is -0.696. The molecule has 0 unspecified atom stereocenters. The van der Waals surface area contributed by atoms with Crippen LogP contribution in [0.2, 0.25) is 0 Å². The van der Waals surface area contributed by atoms with E-state index in [-0.39, 0.29) is 5.91 Å². The van der Waals surface area contributed by atoms with Gasteiger partial charge in [-0.25, -0.2) is 4.98 Å². The second kappa shape index (κ2) is 3.58. The summed E-state index contributed by atoms with van der Waals surface area (Å²) in [5.41, 5.74) is 2.37. The highest BCUT2D eigenvalue weighted by molar-refractivity contribution is 7.14. The zero-order valence-electron chi connectivity index (χ0n) is 7.97. The van der Waals surface area contributed by atoms with Gasteiger partial charge in [0.15, 0.2) is 0 Å². The highest BCUT2D eigenvalue weighted by Gasteiger charge is 2.53. The Bertz CT molecular complexity index is 417. The van der Waals surface area contributed by atoms with Gasteiger partial charge in [0.05, 0.1) is 11.2 Å². The Morgan fingerprint density at radius 1 is 1.80 bits per heavy atom. The van der Waals surface area contributed by atoms with E-state index in [4.69, 9.17) is 0 Å². The molecule has 1 aliphatic carbocycles. The fraction of sp³-hybridized carbons (Fsp3) is 0.500. The Labute approximate surface area is 89.5 Å². The van der Waals surface area contributed by atoms with Crippen molar-refractivity contribution in [1.29, 1.82) is 0 Å². The van der Waals surface area contributed by atoms with E-state index in [2.05, 4.69) is 10.3 Å². The molecule has 2 rings (SSSR count). The summed E-state index contributed by atoms with van der Waals surface area (Å²) < 4.78 is 0. The number of thiazole rings is 1. The molecule has 0 bridgehead atoms. The van der Waals surface area contributed by atoms with Crippen LogP contribution in [-0.2, 0) is 4.79 Å². The van der Waals surface area contributed by atoms with Crippen LogP contribution in [0.15, 0.2) is 5.51 Å². The third-order valence-electron chi connectivity index (χ3n) is 2.35. The SMILES string of the molecule is Cc1ncsc1NC(=O)[C@@H]1C[C@H]1[N+](=O)[O-]. The number of rotatable bonds is 3. The molecule has 7 heteroatoms. The zero-order chi connectivity index (χ0) is 11.0. The molecule has 0 spiro atoms. The molecule has 0 aromatic carbocycles. The predicted octanol–water partition coefficient (Wildman–Crippen LogP) is 1.06. The highest BCUT2D eigenvalue weighted by Crippen LogP contribution is 2.34. The molecule has 1 saturated carbocycles. The fourth-order valence-corrected chi connectivity index (χ4v) is 2.02. The largest absolute Gasteiger partial charge is 0.316 e. The van der Waals surface area contributed by atoms with E-state index >= 15 is 0 Å². The lowest BCUT2D eigenvalue weighted by molar-refractivity contribution is -0.497. The van der Waals surface area contributed by atoms with Crippen LogP contribution in [-0.4, -0.2) is 21.9 Å². The normalized spacial score (nSPS) is 23.5.